The summed E-state index contributed by atoms with van der Waals surface area (Å²) in [5, 5.41) is 4.80. The molecule has 1 amide bonds. The predicted molar refractivity (Wildman–Crippen MR) is 97.2 cm³/mol. The maximum absolute atomic E-state index is 12.5. The van der Waals surface area contributed by atoms with Gasteiger partial charge in [0.05, 0.1) is 30.3 Å². The Labute approximate surface area is 146 Å². The highest BCUT2D eigenvalue weighted by Gasteiger charge is 2.21. The Morgan fingerprint density at radius 3 is 2.50 bits per heavy atom. The number of carbonyl (C=O) groups is 2. The second-order valence-corrected chi connectivity index (χ2v) is 7.03. The van der Waals surface area contributed by atoms with Gasteiger partial charge in [0, 0.05) is 9.40 Å². The molecule has 3 aromatic rings. The van der Waals surface area contributed by atoms with E-state index in [1.807, 2.05) is 17.5 Å². The molecule has 0 atom stereocenters. The van der Waals surface area contributed by atoms with E-state index in [0.29, 0.717) is 27.6 Å². The zero-order valence-electron chi connectivity index (χ0n) is 13.3. The normalized spacial score (nSPS) is 10.6. The number of methoxy groups -OCH3 is 2. The number of thiophene rings is 2. The van der Waals surface area contributed by atoms with E-state index in [9.17, 15) is 9.59 Å². The van der Waals surface area contributed by atoms with Crippen LogP contribution in [0.25, 0.3) is 9.40 Å². The Kier molecular flexibility index (Phi) is 4.55. The second kappa shape index (κ2) is 6.62. The van der Waals surface area contributed by atoms with Crippen LogP contribution >= 0.6 is 22.7 Å². The summed E-state index contributed by atoms with van der Waals surface area (Å²) in [4.78, 5) is 25.2. The van der Waals surface area contributed by atoms with Crippen molar-refractivity contribution in [1.82, 2.24) is 0 Å². The number of anilines is 1. The van der Waals surface area contributed by atoms with Gasteiger partial charge in [0.1, 0.15) is 0 Å². The number of hydrogen-bond donors (Lipinski definition) is 1. The van der Waals surface area contributed by atoms with Gasteiger partial charge < -0.3 is 14.8 Å². The maximum Gasteiger partial charge on any atom is 0.265 e. The minimum Gasteiger partial charge on any atom is -0.493 e. The summed E-state index contributed by atoms with van der Waals surface area (Å²) in [6.45, 7) is 1.42. The van der Waals surface area contributed by atoms with Crippen LogP contribution in [-0.4, -0.2) is 25.9 Å². The van der Waals surface area contributed by atoms with Gasteiger partial charge in [-0.05, 0) is 36.6 Å². The van der Waals surface area contributed by atoms with Crippen LogP contribution in [0.3, 0.4) is 0 Å². The average Bonchev–Trinajstić information content (AvgIpc) is 3.15. The molecule has 0 aliphatic rings. The lowest BCUT2D eigenvalue weighted by Gasteiger charge is -2.15. The second-order valence-electron chi connectivity index (χ2n) is 4.99. The standard InChI is InChI=1S/C17H15NO4S2/c1-9(19)15-10(4-5-11(21-2)16(15)22-3)18-17(20)14-8-13-12(24-14)6-7-23-13/h4-8H,1-3H3,(H,18,20). The number of amides is 1. The third-order valence-electron chi connectivity index (χ3n) is 3.51. The minimum absolute atomic E-state index is 0.215. The largest absolute Gasteiger partial charge is 0.493 e. The minimum atomic E-state index is -0.252. The van der Waals surface area contributed by atoms with Crippen molar-refractivity contribution in [2.24, 2.45) is 0 Å². The van der Waals surface area contributed by atoms with Gasteiger partial charge in [-0.3, -0.25) is 9.59 Å². The summed E-state index contributed by atoms with van der Waals surface area (Å²) in [5.41, 5.74) is 0.700. The van der Waals surface area contributed by atoms with Crippen molar-refractivity contribution in [2.75, 3.05) is 19.5 Å². The summed E-state index contributed by atoms with van der Waals surface area (Å²) in [5.74, 6) is 0.290. The maximum atomic E-state index is 12.5. The molecule has 1 N–H and O–H groups in total. The van der Waals surface area contributed by atoms with Crippen molar-refractivity contribution in [3.63, 3.8) is 0 Å². The van der Waals surface area contributed by atoms with E-state index < -0.39 is 0 Å². The van der Waals surface area contributed by atoms with E-state index in [0.717, 1.165) is 9.40 Å². The summed E-state index contributed by atoms with van der Waals surface area (Å²) >= 11 is 3.01. The Balaban J connectivity index is 1.98. The van der Waals surface area contributed by atoms with E-state index in [1.54, 1.807) is 23.5 Å². The summed E-state index contributed by atoms with van der Waals surface area (Å²) in [7, 11) is 2.96. The van der Waals surface area contributed by atoms with Crippen molar-refractivity contribution in [1.29, 1.82) is 0 Å². The summed E-state index contributed by atoms with van der Waals surface area (Å²) in [6.07, 6.45) is 0. The third-order valence-corrected chi connectivity index (χ3v) is 5.60. The number of Topliss-reactive ketones (excluding diaryl/α,β-unsaturated/α-hetero) is 1. The molecule has 0 fully saturated rings. The highest BCUT2D eigenvalue weighted by molar-refractivity contribution is 7.27. The monoisotopic (exact) mass is 361 g/mol. The van der Waals surface area contributed by atoms with Crippen molar-refractivity contribution in [3.05, 3.63) is 40.1 Å². The highest BCUT2D eigenvalue weighted by atomic mass is 32.1. The molecule has 0 bridgehead atoms. The SMILES string of the molecule is COc1ccc(NC(=O)c2cc3sccc3s2)c(C(C)=O)c1OC. The number of ketones is 1. The quantitative estimate of drug-likeness (QED) is 0.683. The molecule has 0 saturated carbocycles. The van der Waals surface area contributed by atoms with E-state index in [1.165, 1.54) is 32.5 Å². The third kappa shape index (κ3) is 2.88. The van der Waals surface area contributed by atoms with Crippen molar-refractivity contribution < 1.29 is 19.1 Å². The number of ether oxygens (including phenoxy) is 2. The number of benzene rings is 1. The molecule has 3 rings (SSSR count). The lowest BCUT2D eigenvalue weighted by molar-refractivity contribution is 0.101. The van der Waals surface area contributed by atoms with Gasteiger partial charge in [-0.1, -0.05) is 0 Å². The van der Waals surface area contributed by atoms with Gasteiger partial charge in [0.15, 0.2) is 17.3 Å². The fourth-order valence-electron chi connectivity index (χ4n) is 2.44. The van der Waals surface area contributed by atoms with Gasteiger partial charge in [0.25, 0.3) is 5.91 Å². The van der Waals surface area contributed by atoms with E-state index in [4.69, 9.17) is 9.47 Å². The van der Waals surface area contributed by atoms with Crippen molar-refractivity contribution >= 4 is 49.5 Å². The number of nitrogens with one attached hydrogen (secondary N) is 1. The van der Waals surface area contributed by atoms with Crippen LogP contribution in [-0.2, 0) is 0 Å². The molecule has 0 spiro atoms. The molecule has 2 heterocycles. The summed E-state index contributed by atoms with van der Waals surface area (Å²) < 4.78 is 12.7. The van der Waals surface area contributed by atoms with Crippen LogP contribution in [0, 0.1) is 0 Å². The molecule has 0 aliphatic carbocycles. The van der Waals surface area contributed by atoms with Crippen LogP contribution in [0.15, 0.2) is 29.6 Å². The molecular weight excluding hydrogens is 346 g/mol. The van der Waals surface area contributed by atoms with E-state index >= 15 is 0 Å². The fourth-order valence-corrected chi connectivity index (χ4v) is 4.45. The topological polar surface area (TPSA) is 64.6 Å². The Morgan fingerprint density at radius 1 is 1.08 bits per heavy atom. The first-order valence-electron chi connectivity index (χ1n) is 7.09. The zero-order chi connectivity index (χ0) is 17.3. The molecule has 24 heavy (non-hydrogen) atoms. The molecule has 124 valence electrons. The van der Waals surface area contributed by atoms with Gasteiger partial charge >= 0.3 is 0 Å². The molecule has 1 aromatic carbocycles. The first-order valence-corrected chi connectivity index (χ1v) is 8.79. The number of rotatable bonds is 5. The molecule has 2 aromatic heterocycles. The van der Waals surface area contributed by atoms with Crippen molar-refractivity contribution in [2.45, 2.75) is 6.92 Å². The fraction of sp³-hybridized carbons (Fsp3) is 0.176. The lowest BCUT2D eigenvalue weighted by atomic mass is 10.1. The molecule has 0 radical (unpaired) electrons. The van der Waals surface area contributed by atoms with Crippen LogP contribution in [0.2, 0.25) is 0 Å². The average molecular weight is 361 g/mol. The van der Waals surface area contributed by atoms with Gasteiger partial charge in [0.2, 0.25) is 0 Å². The Hall–Kier alpha value is -2.38. The molecule has 0 unspecified atom stereocenters. The summed E-state index contributed by atoms with van der Waals surface area (Å²) in [6, 6.07) is 7.15. The van der Waals surface area contributed by atoms with Gasteiger partial charge in [-0.25, -0.2) is 0 Å². The molecule has 5 nitrogen and oxygen atoms in total. The van der Waals surface area contributed by atoms with Crippen LogP contribution in [0.5, 0.6) is 11.5 Å². The van der Waals surface area contributed by atoms with Crippen LogP contribution in [0.4, 0.5) is 5.69 Å². The smallest absolute Gasteiger partial charge is 0.265 e. The first kappa shape index (κ1) is 16.5. The molecular formula is C17H15NO4S2. The van der Waals surface area contributed by atoms with E-state index in [-0.39, 0.29) is 11.7 Å². The van der Waals surface area contributed by atoms with Crippen molar-refractivity contribution in [3.8, 4) is 11.5 Å². The predicted octanol–water partition coefficient (Wildman–Crippen LogP) is 4.43. The Bertz CT molecular complexity index is 897. The zero-order valence-corrected chi connectivity index (χ0v) is 15.0. The number of carbonyl (C=O) groups excluding carboxylic acids is 2. The lowest BCUT2D eigenvalue weighted by Crippen LogP contribution is -2.14. The number of fused-ring (bicyclic) bond motifs is 1. The highest BCUT2D eigenvalue weighted by Crippen LogP contribution is 2.37. The molecule has 0 saturated heterocycles. The first-order chi connectivity index (χ1) is 11.5. The van der Waals surface area contributed by atoms with Gasteiger partial charge in [-0.15, -0.1) is 22.7 Å². The molecule has 0 aliphatic heterocycles. The van der Waals surface area contributed by atoms with E-state index in [2.05, 4.69) is 5.32 Å². The molecule has 7 heteroatoms. The number of hydrogen-bond acceptors (Lipinski definition) is 6. The van der Waals surface area contributed by atoms with Crippen LogP contribution in [0.1, 0.15) is 27.0 Å². The van der Waals surface area contributed by atoms with Crippen LogP contribution < -0.4 is 14.8 Å². The Morgan fingerprint density at radius 2 is 1.88 bits per heavy atom. The van der Waals surface area contributed by atoms with Gasteiger partial charge in [-0.2, -0.15) is 0 Å².